The van der Waals surface area contributed by atoms with Crippen molar-refractivity contribution >= 4 is 16.9 Å². The summed E-state index contributed by atoms with van der Waals surface area (Å²) in [5.74, 6) is 1.38. The highest BCUT2D eigenvalue weighted by atomic mass is 16.5. The Hall–Kier alpha value is -3.23. The van der Waals surface area contributed by atoms with E-state index in [2.05, 4.69) is 25.4 Å². The number of aromatic amines is 2. The lowest BCUT2D eigenvalue weighted by Crippen LogP contribution is -2.29. The molecule has 4 rings (SSSR count). The molecule has 3 N–H and O–H groups in total. The zero-order chi connectivity index (χ0) is 17.4. The summed E-state index contributed by atoms with van der Waals surface area (Å²) in [7, 11) is 0. The molecule has 1 aliphatic carbocycles. The molecular weight excluding hydrogens is 326 g/mol. The number of rotatable bonds is 5. The predicted molar refractivity (Wildman–Crippen MR) is 87.5 cm³/mol. The highest BCUT2D eigenvalue weighted by Gasteiger charge is 2.28. The molecule has 25 heavy (non-hydrogen) atoms. The Morgan fingerprint density at radius 2 is 1.96 bits per heavy atom. The molecular formula is C16H15N5O4. The maximum absolute atomic E-state index is 12.2. The molecule has 0 saturated heterocycles. The van der Waals surface area contributed by atoms with Crippen LogP contribution in [-0.4, -0.2) is 32.6 Å². The van der Waals surface area contributed by atoms with E-state index in [1.54, 1.807) is 12.1 Å². The number of aromatic nitrogens is 4. The van der Waals surface area contributed by atoms with Crippen molar-refractivity contribution in [3.8, 4) is 0 Å². The van der Waals surface area contributed by atoms with Crippen molar-refractivity contribution in [1.82, 2.24) is 25.4 Å². The normalized spacial score (nSPS) is 13.9. The zero-order valence-electron chi connectivity index (χ0n) is 13.2. The molecule has 0 unspecified atom stereocenters. The number of nitrogens with one attached hydrogen (secondary N) is 3. The van der Waals surface area contributed by atoms with Crippen molar-refractivity contribution in [2.24, 2.45) is 0 Å². The molecule has 2 heterocycles. The van der Waals surface area contributed by atoms with Crippen LogP contribution in [0.15, 0.2) is 32.3 Å². The van der Waals surface area contributed by atoms with Gasteiger partial charge < -0.3 is 19.8 Å². The van der Waals surface area contributed by atoms with Crippen LogP contribution in [0, 0.1) is 0 Å². The van der Waals surface area contributed by atoms with Gasteiger partial charge in [-0.1, -0.05) is 5.16 Å². The highest BCUT2D eigenvalue weighted by molar-refractivity contribution is 5.97. The van der Waals surface area contributed by atoms with E-state index in [1.807, 2.05) is 0 Å². The van der Waals surface area contributed by atoms with E-state index >= 15 is 0 Å². The van der Waals surface area contributed by atoms with E-state index in [1.165, 1.54) is 6.07 Å². The Bertz CT molecular complexity index is 1060. The minimum absolute atomic E-state index is 0.295. The van der Waals surface area contributed by atoms with Gasteiger partial charge in [-0.15, -0.1) is 0 Å². The summed E-state index contributed by atoms with van der Waals surface area (Å²) < 4.78 is 5.15. The first-order valence-electron chi connectivity index (χ1n) is 7.97. The second kappa shape index (κ2) is 6.00. The standard InChI is InChI=1S/C16H15N5O4/c22-14(17-6-5-12-20-13(21-25-12)8-1-2-8)9-3-4-10-11(7-9)19-16(24)15(23)18-10/h3-4,7-8H,1-2,5-6H2,(H,17,22)(H,18,23)(H,19,24). The molecule has 3 aromatic rings. The van der Waals surface area contributed by atoms with Crippen molar-refractivity contribution in [3.05, 3.63) is 56.2 Å². The topological polar surface area (TPSA) is 134 Å². The Balaban J connectivity index is 1.41. The van der Waals surface area contributed by atoms with Crippen LogP contribution >= 0.6 is 0 Å². The molecule has 2 aromatic heterocycles. The van der Waals surface area contributed by atoms with Crippen molar-refractivity contribution in [1.29, 1.82) is 0 Å². The SMILES string of the molecule is O=C(NCCc1nc(C2CC2)no1)c1ccc2[nH]c(=O)c(=O)[nH]c2c1. The molecule has 1 amide bonds. The zero-order valence-corrected chi connectivity index (χ0v) is 13.2. The van der Waals surface area contributed by atoms with E-state index in [9.17, 15) is 14.4 Å². The number of carbonyl (C=O) groups excluding carboxylic acids is 1. The maximum Gasteiger partial charge on any atom is 0.314 e. The molecule has 0 radical (unpaired) electrons. The first kappa shape index (κ1) is 15.3. The van der Waals surface area contributed by atoms with Crippen LogP contribution in [0.4, 0.5) is 0 Å². The van der Waals surface area contributed by atoms with Gasteiger partial charge >= 0.3 is 11.1 Å². The number of benzene rings is 1. The Morgan fingerprint density at radius 1 is 1.20 bits per heavy atom. The maximum atomic E-state index is 12.2. The smallest absolute Gasteiger partial charge is 0.314 e. The summed E-state index contributed by atoms with van der Waals surface area (Å²) in [6.07, 6.45) is 2.65. The largest absolute Gasteiger partial charge is 0.352 e. The third-order valence-electron chi connectivity index (χ3n) is 4.04. The summed E-state index contributed by atoms with van der Waals surface area (Å²) in [4.78, 5) is 44.0. The fraction of sp³-hybridized carbons (Fsp3) is 0.312. The predicted octanol–water partition coefficient (Wildman–Crippen LogP) is 0.449. The second-order valence-corrected chi connectivity index (χ2v) is 6.00. The van der Waals surface area contributed by atoms with E-state index in [4.69, 9.17) is 4.52 Å². The molecule has 128 valence electrons. The molecule has 1 fully saturated rings. The van der Waals surface area contributed by atoms with Gasteiger partial charge in [0, 0.05) is 24.4 Å². The Morgan fingerprint density at radius 3 is 2.72 bits per heavy atom. The molecule has 0 bridgehead atoms. The lowest BCUT2D eigenvalue weighted by Gasteiger charge is -2.05. The number of hydrogen-bond acceptors (Lipinski definition) is 6. The van der Waals surface area contributed by atoms with Gasteiger partial charge in [-0.3, -0.25) is 14.4 Å². The van der Waals surface area contributed by atoms with Crippen molar-refractivity contribution < 1.29 is 9.32 Å². The summed E-state index contributed by atoms with van der Waals surface area (Å²) >= 11 is 0. The lowest BCUT2D eigenvalue weighted by atomic mass is 10.2. The molecule has 1 saturated carbocycles. The Kier molecular flexibility index (Phi) is 3.68. The van der Waals surface area contributed by atoms with Crippen molar-refractivity contribution in [3.63, 3.8) is 0 Å². The number of nitrogens with zero attached hydrogens (tertiary/aromatic N) is 2. The van der Waals surface area contributed by atoms with Gasteiger partial charge in [-0.25, -0.2) is 0 Å². The number of H-pyrrole nitrogens is 2. The van der Waals surface area contributed by atoms with Crippen molar-refractivity contribution in [2.45, 2.75) is 25.2 Å². The van der Waals surface area contributed by atoms with Crippen LogP contribution < -0.4 is 16.4 Å². The average molecular weight is 341 g/mol. The third-order valence-corrected chi connectivity index (χ3v) is 4.04. The number of hydrogen-bond donors (Lipinski definition) is 3. The van der Waals surface area contributed by atoms with Crippen LogP contribution in [0.25, 0.3) is 11.0 Å². The number of fused-ring (bicyclic) bond motifs is 1. The lowest BCUT2D eigenvalue weighted by molar-refractivity contribution is 0.0953. The van der Waals surface area contributed by atoms with Crippen LogP contribution in [-0.2, 0) is 6.42 Å². The molecule has 1 aromatic carbocycles. The average Bonchev–Trinajstić information content (AvgIpc) is 3.35. The fourth-order valence-electron chi connectivity index (χ4n) is 2.52. The van der Waals surface area contributed by atoms with Gasteiger partial charge in [0.25, 0.3) is 5.91 Å². The van der Waals surface area contributed by atoms with Crippen LogP contribution in [0.5, 0.6) is 0 Å². The van der Waals surface area contributed by atoms with Crippen LogP contribution in [0.3, 0.4) is 0 Å². The summed E-state index contributed by atoms with van der Waals surface area (Å²) in [5, 5.41) is 6.68. The van der Waals surface area contributed by atoms with E-state index < -0.39 is 11.1 Å². The van der Waals surface area contributed by atoms with E-state index in [0.717, 1.165) is 18.7 Å². The molecule has 0 atom stereocenters. The minimum Gasteiger partial charge on any atom is -0.352 e. The molecule has 0 spiro atoms. The molecule has 0 aliphatic heterocycles. The summed E-state index contributed by atoms with van der Waals surface area (Å²) in [5.41, 5.74) is -0.259. The molecule has 9 nitrogen and oxygen atoms in total. The van der Waals surface area contributed by atoms with Gasteiger partial charge in [0.1, 0.15) is 0 Å². The van der Waals surface area contributed by atoms with Gasteiger partial charge in [-0.2, -0.15) is 4.98 Å². The summed E-state index contributed by atoms with van der Waals surface area (Å²) in [6.45, 7) is 0.352. The number of carbonyl (C=O) groups is 1. The van der Waals surface area contributed by atoms with Gasteiger partial charge in [0.2, 0.25) is 5.89 Å². The molecule has 1 aliphatic rings. The van der Waals surface area contributed by atoms with Crippen LogP contribution in [0.2, 0.25) is 0 Å². The van der Waals surface area contributed by atoms with E-state index in [-0.39, 0.29) is 5.91 Å². The minimum atomic E-state index is -0.757. The summed E-state index contributed by atoms with van der Waals surface area (Å²) in [6, 6.07) is 4.66. The highest BCUT2D eigenvalue weighted by Crippen LogP contribution is 2.38. The Labute approximate surface area is 140 Å². The fourth-order valence-corrected chi connectivity index (χ4v) is 2.52. The monoisotopic (exact) mass is 341 g/mol. The first-order chi connectivity index (χ1) is 12.1. The quantitative estimate of drug-likeness (QED) is 0.577. The van der Waals surface area contributed by atoms with E-state index in [0.29, 0.717) is 41.4 Å². The van der Waals surface area contributed by atoms with Gasteiger partial charge in [0.05, 0.1) is 11.0 Å². The van der Waals surface area contributed by atoms with Crippen molar-refractivity contribution in [2.75, 3.05) is 6.54 Å². The third kappa shape index (κ3) is 3.21. The van der Waals surface area contributed by atoms with Gasteiger partial charge in [-0.05, 0) is 31.0 Å². The second-order valence-electron chi connectivity index (χ2n) is 6.00. The first-order valence-corrected chi connectivity index (χ1v) is 7.97. The van der Waals surface area contributed by atoms with Gasteiger partial charge in [0.15, 0.2) is 5.82 Å². The molecule has 9 heteroatoms. The van der Waals surface area contributed by atoms with Crippen LogP contribution in [0.1, 0.15) is 40.8 Å². The number of amides is 1.